The van der Waals surface area contributed by atoms with Crippen molar-refractivity contribution in [2.75, 3.05) is 6.61 Å². The summed E-state index contributed by atoms with van der Waals surface area (Å²) in [4.78, 5) is 17.4. The maximum atomic E-state index is 9.79. The molecular formula is C50H44N10O3S2Zn2+4. The van der Waals surface area contributed by atoms with E-state index in [9.17, 15) is 10.2 Å². The Kier molecular flexibility index (Phi) is 21.1. The van der Waals surface area contributed by atoms with E-state index in [1.165, 1.54) is 12.4 Å². The summed E-state index contributed by atoms with van der Waals surface area (Å²) in [5.74, 6) is 0.328. The molecule has 324 valence electrons. The normalized spacial score (nSPS) is 10.3. The standard InChI is InChI=1S/2C12H11N3OS.2C12H8N2.C2H6O.2Zn/c2*13-12(17)15-14-7-10-9-4-2-1-3-8(9)5-6-11(10)16;2*1-3-9-5-6-10-4-2-8-14-12(10)11(9)13-7-1;1-2-3;;/h2*1-7,16H,(H3,13,15,17);2*1-8H;3H,2H2,1H3;;/q;;;;;2*+2/b2*14-7+;;;;;. The second kappa shape index (κ2) is 26.8. The Morgan fingerprint density at radius 2 is 0.746 bits per heavy atom. The maximum Gasteiger partial charge on any atom is 2.00 e. The Morgan fingerprint density at radius 1 is 0.478 bits per heavy atom. The number of hydrogen-bond donors (Lipinski definition) is 7. The van der Waals surface area contributed by atoms with Crippen LogP contribution in [0.15, 0.2) is 181 Å². The van der Waals surface area contributed by atoms with Crippen LogP contribution in [0, 0.1) is 0 Å². The number of aromatic hydroxyl groups is 2. The van der Waals surface area contributed by atoms with Crippen LogP contribution in [0.3, 0.4) is 0 Å². The van der Waals surface area contributed by atoms with Crippen LogP contribution in [0.5, 0.6) is 11.5 Å². The average Bonchev–Trinajstić information content (AvgIpc) is 3.33. The third-order valence-electron chi connectivity index (χ3n) is 9.32. The van der Waals surface area contributed by atoms with Crippen molar-refractivity contribution < 1.29 is 54.3 Å². The van der Waals surface area contributed by atoms with Crippen molar-refractivity contribution in [1.82, 2.24) is 30.8 Å². The summed E-state index contributed by atoms with van der Waals surface area (Å²) in [6, 6.07) is 46.7. The zero-order chi connectivity index (χ0) is 46.0. The fourth-order valence-corrected chi connectivity index (χ4v) is 6.63. The van der Waals surface area contributed by atoms with Crippen molar-refractivity contribution >= 4 is 112 Å². The molecule has 0 saturated carbocycles. The number of nitrogens with one attached hydrogen (secondary N) is 2. The van der Waals surface area contributed by atoms with Gasteiger partial charge in [0, 0.05) is 64.1 Å². The number of phenols is 2. The zero-order valence-corrected chi connectivity index (χ0v) is 44.0. The molecule has 0 amide bonds. The first-order chi connectivity index (χ1) is 31.7. The smallest absolute Gasteiger partial charge is 0.507 e. The molecule has 0 spiro atoms. The second-order valence-corrected chi connectivity index (χ2v) is 14.5. The summed E-state index contributed by atoms with van der Waals surface area (Å²) in [5, 5.41) is 43.5. The number of hydrogen-bond acceptors (Lipinski definition) is 11. The molecule has 17 heteroatoms. The fraction of sp³-hybridized carbons (Fsp3) is 0.0400. The molecule has 10 aromatic rings. The molecule has 13 nitrogen and oxygen atoms in total. The molecule has 4 heterocycles. The van der Waals surface area contributed by atoms with Crippen molar-refractivity contribution in [3.05, 3.63) is 182 Å². The van der Waals surface area contributed by atoms with Crippen LogP contribution >= 0.6 is 24.4 Å². The third kappa shape index (κ3) is 14.5. The molecule has 0 atom stereocenters. The van der Waals surface area contributed by atoms with Crippen LogP contribution in [0.1, 0.15) is 18.1 Å². The summed E-state index contributed by atoms with van der Waals surface area (Å²) in [7, 11) is 0. The molecule has 0 bridgehead atoms. The monoisotopic (exact) mass is 1020 g/mol. The molecule has 0 aliphatic rings. The van der Waals surface area contributed by atoms with Crippen LogP contribution in [-0.2, 0) is 39.0 Å². The Hall–Kier alpha value is -6.99. The van der Waals surface area contributed by atoms with Gasteiger partial charge < -0.3 is 26.8 Å². The number of aliphatic hydroxyl groups excluding tert-OH is 1. The van der Waals surface area contributed by atoms with E-state index in [4.69, 9.17) is 16.6 Å². The van der Waals surface area contributed by atoms with Crippen LogP contribution < -0.4 is 22.3 Å². The van der Waals surface area contributed by atoms with Crippen molar-refractivity contribution in [3.63, 3.8) is 0 Å². The molecule has 0 radical (unpaired) electrons. The number of rotatable bonds is 4. The molecule has 4 aromatic heterocycles. The van der Waals surface area contributed by atoms with E-state index in [1.54, 1.807) is 43.8 Å². The number of benzene rings is 6. The minimum absolute atomic E-state index is 0. The van der Waals surface area contributed by atoms with Crippen LogP contribution in [0.25, 0.3) is 65.2 Å². The zero-order valence-electron chi connectivity index (χ0n) is 36.4. The molecular weight excluding hydrogens is 984 g/mol. The molecule has 6 aromatic carbocycles. The summed E-state index contributed by atoms with van der Waals surface area (Å²) in [6.45, 7) is 1.93. The number of nitrogens with two attached hydrogens (primary N) is 2. The van der Waals surface area contributed by atoms with Gasteiger partial charge in [0.25, 0.3) is 0 Å². The van der Waals surface area contributed by atoms with Crippen molar-refractivity contribution in [1.29, 1.82) is 0 Å². The van der Waals surface area contributed by atoms with Crippen molar-refractivity contribution in [2.45, 2.75) is 6.92 Å². The molecule has 0 aliphatic heterocycles. The Morgan fingerprint density at radius 3 is 1.04 bits per heavy atom. The number of fused-ring (bicyclic) bond motifs is 8. The topological polar surface area (TPSA) is 213 Å². The van der Waals surface area contributed by atoms with Crippen molar-refractivity contribution in [2.24, 2.45) is 21.7 Å². The molecule has 9 N–H and O–H groups in total. The average molecular weight is 1030 g/mol. The predicted molar refractivity (Wildman–Crippen MR) is 273 cm³/mol. The minimum Gasteiger partial charge on any atom is -0.507 e. The number of aliphatic hydroxyl groups is 1. The second-order valence-electron chi connectivity index (χ2n) is 13.7. The number of aromatic nitrogens is 4. The van der Waals surface area contributed by atoms with E-state index >= 15 is 0 Å². The summed E-state index contributed by atoms with van der Waals surface area (Å²) < 4.78 is 0. The van der Waals surface area contributed by atoms with E-state index in [-0.39, 0.29) is 67.3 Å². The van der Waals surface area contributed by atoms with E-state index in [1.807, 2.05) is 84.9 Å². The molecule has 10 rings (SSSR count). The molecule has 0 saturated heterocycles. The summed E-state index contributed by atoms with van der Waals surface area (Å²) in [5.41, 5.74) is 20.6. The maximum absolute atomic E-state index is 9.79. The molecule has 0 aliphatic carbocycles. The van der Waals surface area contributed by atoms with Crippen LogP contribution in [-0.4, -0.2) is 64.5 Å². The van der Waals surface area contributed by atoms with Crippen LogP contribution in [0.4, 0.5) is 0 Å². The first-order valence-electron chi connectivity index (χ1n) is 20.0. The van der Waals surface area contributed by atoms with Gasteiger partial charge in [0.15, 0.2) is 10.2 Å². The summed E-state index contributed by atoms with van der Waals surface area (Å²) >= 11 is 9.26. The fourth-order valence-electron chi connectivity index (χ4n) is 6.52. The molecule has 0 fully saturated rings. The Bertz CT molecular complexity index is 2980. The quantitative estimate of drug-likeness (QED) is 0.0289. The van der Waals surface area contributed by atoms with Gasteiger partial charge in [-0.25, -0.2) is 0 Å². The van der Waals surface area contributed by atoms with E-state index in [0.29, 0.717) is 11.1 Å². The number of nitrogens with zero attached hydrogens (tertiary/aromatic N) is 6. The first-order valence-corrected chi connectivity index (χ1v) is 20.9. The Balaban J connectivity index is 0.000000190. The van der Waals surface area contributed by atoms with Gasteiger partial charge in [0.05, 0.1) is 34.5 Å². The summed E-state index contributed by atoms with van der Waals surface area (Å²) in [6.07, 6.45) is 10.2. The van der Waals surface area contributed by atoms with Gasteiger partial charge in [-0.1, -0.05) is 109 Å². The van der Waals surface area contributed by atoms with E-state index in [2.05, 4.69) is 114 Å². The van der Waals surface area contributed by atoms with Crippen LogP contribution in [0.2, 0.25) is 0 Å². The van der Waals surface area contributed by atoms with Gasteiger partial charge in [-0.2, -0.15) is 10.2 Å². The molecule has 0 unspecified atom stereocenters. The van der Waals surface area contributed by atoms with E-state index in [0.717, 1.165) is 65.2 Å². The van der Waals surface area contributed by atoms with E-state index < -0.39 is 0 Å². The molecule has 67 heavy (non-hydrogen) atoms. The van der Waals surface area contributed by atoms with Gasteiger partial charge in [-0.15, -0.1) is 0 Å². The predicted octanol–water partition coefficient (Wildman–Crippen LogP) is 8.98. The number of phenolic OH excluding ortho intramolecular Hbond substituents is 2. The number of hydrazone groups is 2. The largest absolute Gasteiger partial charge is 2.00 e. The Labute approximate surface area is 422 Å². The van der Waals surface area contributed by atoms with Gasteiger partial charge >= 0.3 is 39.0 Å². The SMILES string of the molecule is CCO.NC(=S)N/N=C/c1c(O)ccc2ccccc12.NC(=S)N/N=C/c1c(O)ccc2ccccc12.[Zn+2].[Zn+2].c1cnc2c(c1)ccc1cccnc12.c1cnc2c(c1)ccc1cccnc12. The minimum atomic E-state index is 0. The first kappa shape index (κ1) is 52.6. The van der Waals surface area contributed by atoms with Crippen molar-refractivity contribution in [3.8, 4) is 11.5 Å². The van der Waals surface area contributed by atoms with Gasteiger partial charge in [0.1, 0.15) is 11.5 Å². The van der Waals surface area contributed by atoms with Gasteiger partial charge in [-0.05, 0) is 89.3 Å². The number of thiocarbonyl (C=S) groups is 2. The third-order valence-corrected chi connectivity index (χ3v) is 9.50. The number of pyridine rings is 4. The van der Waals surface area contributed by atoms with Gasteiger partial charge in [-0.3, -0.25) is 30.8 Å². The van der Waals surface area contributed by atoms with Gasteiger partial charge in [0.2, 0.25) is 0 Å².